The fourth-order valence-electron chi connectivity index (χ4n) is 1.21. The van der Waals surface area contributed by atoms with E-state index in [0.717, 1.165) is 16.1 Å². The number of benzene rings is 1. The third-order valence-electron chi connectivity index (χ3n) is 2.02. The average Bonchev–Trinajstić information content (AvgIpc) is 2.60. The molecule has 0 aliphatic heterocycles. The minimum atomic E-state index is 0.675. The molecule has 0 unspecified atom stereocenters. The van der Waals surface area contributed by atoms with E-state index < -0.39 is 0 Å². The van der Waals surface area contributed by atoms with Crippen molar-refractivity contribution in [2.75, 3.05) is 5.32 Å². The predicted octanol–water partition coefficient (Wildman–Crippen LogP) is 3.58. The van der Waals surface area contributed by atoms with E-state index in [1.54, 1.807) is 6.20 Å². The van der Waals surface area contributed by atoms with Gasteiger partial charge in [0.25, 0.3) is 0 Å². The van der Waals surface area contributed by atoms with Gasteiger partial charge in [0, 0.05) is 19.4 Å². The summed E-state index contributed by atoms with van der Waals surface area (Å²) >= 11 is 9.40. The van der Waals surface area contributed by atoms with Gasteiger partial charge in [-0.25, -0.2) is 4.98 Å². The van der Waals surface area contributed by atoms with Gasteiger partial charge in [-0.3, -0.25) is 0 Å². The first-order valence-corrected chi connectivity index (χ1v) is 5.54. The van der Waals surface area contributed by atoms with E-state index in [2.05, 4.69) is 26.2 Å². The molecule has 0 radical (unpaired) electrons. The van der Waals surface area contributed by atoms with E-state index in [9.17, 15) is 0 Å². The van der Waals surface area contributed by atoms with Gasteiger partial charge >= 0.3 is 0 Å². The number of halogens is 2. The zero-order valence-corrected chi connectivity index (χ0v) is 10.4. The fourth-order valence-corrected chi connectivity index (χ4v) is 1.74. The van der Waals surface area contributed by atoms with Crippen molar-refractivity contribution >= 4 is 39.2 Å². The summed E-state index contributed by atoms with van der Waals surface area (Å²) in [6.45, 7) is 0. The molecule has 0 amide bonds. The lowest BCUT2D eigenvalue weighted by molar-refractivity contribution is 0.924. The molecule has 1 aromatic carbocycles. The smallest absolute Gasteiger partial charge is 0.207 e. The summed E-state index contributed by atoms with van der Waals surface area (Å²) < 4.78 is 2.74. The summed E-state index contributed by atoms with van der Waals surface area (Å²) in [7, 11) is 1.92. The lowest BCUT2D eigenvalue weighted by atomic mass is 10.3. The van der Waals surface area contributed by atoms with Gasteiger partial charge in [0.15, 0.2) is 0 Å². The topological polar surface area (TPSA) is 29.9 Å². The normalized spacial score (nSPS) is 10.3. The van der Waals surface area contributed by atoms with Crippen LogP contribution in [0.1, 0.15) is 0 Å². The van der Waals surface area contributed by atoms with E-state index in [1.807, 2.05) is 36.0 Å². The fraction of sp³-hybridized carbons (Fsp3) is 0.100. The van der Waals surface area contributed by atoms with Crippen molar-refractivity contribution in [1.82, 2.24) is 9.55 Å². The van der Waals surface area contributed by atoms with Crippen molar-refractivity contribution in [2.45, 2.75) is 0 Å². The molecule has 0 bridgehead atoms. The number of hydrogen-bond acceptors (Lipinski definition) is 2. The Morgan fingerprint density at radius 2 is 2.27 bits per heavy atom. The maximum atomic E-state index is 5.98. The van der Waals surface area contributed by atoms with Crippen LogP contribution >= 0.6 is 27.5 Å². The van der Waals surface area contributed by atoms with Gasteiger partial charge in [-0.1, -0.05) is 17.7 Å². The minimum absolute atomic E-state index is 0.675. The summed E-state index contributed by atoms with van der Waals surface area (Å²) in [5, 5.41) is 3.86. The third-order valence-corrected chi connectivity index (χ3v) is 3.42. The Labute approximate surface area is 101 Å². The number of aryl methyl sites for hydroxylation is 1. The zero-order valence-electron chi connectivity index (χ0n) is 8.04. The van der Waals surface area contributed by atoms with Crippen LogP contribution in [0.4, 0.5) is 11.6 Å². The molecular weight excluding hydrogens is 277 g/mol. The molecule has 0 saturated carbocycles. The van der Waals surface area contributed by atoms with Gasteiger partial charge in [0.05, 0.1) is 15.2 Å². The Morgan fingerprint density at radius 3 is 2.93 bits per heavy atom. The van der Waals surface area contributed by atoms with Gasteiger partial charge in [0.1, 0.15) is 0 Å². The van der Waals surface area contributed by atoms with Crippen molar-refractivity contribution in [2.24, 2.45) is 7.05 Å². The highest BCUT2D eigenvalue weighted by molar-refractivity contribution is 9.10. The van der Waals surface area contributed by atoms with E-state index >= 15 is 0 Å². The van der Waals surface area contributed by atoms with Crippen LogP contribution in [0.25, 0.3) is 0 Å². The van der Waals surface area contributed by atoms with Gasteiger partial charge in [-0.05, 0) is 28.1 Å². The standard InChI is InChI=1S/C10H9BrClN3/c1-15-6-5-13-10(15)14-8-4-2-3-7(12)9(8)11/h2-6H,1H3,(H,13,14). The maximum Gasteiger partial charge on any atom is 0.207 e. The molecule has 5 heteroatoms. The van der Waals surface area contributed by atoms with Crippen molar-refractivity contribution in [3.05, 3.63) is 40.1 Å². The van der Waals surface area contributed by atoms with Crippen LogP contribution in [0, 0.1) is 0 Å². The molecule has 2 aromatic rings. The highest BCUT2D eigenvalue weighted by atomic mass is 79.9. The second-order valence-corrected chi connectivity index (χ2v) is 4.29. The summed E-state index contributed by atoms with van der Waals surface area (Å²) in [4.78, 5) is 4.17. The van der Waals surface area contributed by atoms with Gasteiger partial charge in [-0.15, -0.1) is 0 Å². The molecule has 78 valence electrons. The first-order chi connectivity index (χ1) is 7.18. The van der Waals surface area contributed by atoms with Crippen molar-refractivity contribution in [3.8, 4) is 0 Å². The van der Waals surface area contributed by atoms with Crippen molar-refractivity contribution < 1.29 is 0 Å². The SMILES string of the molecule is Cn1ccnc1Nc1cccc(Cl)c1Br. The highest BCUT2D eigenvalue weighted by Crippen LogP contribution is 2.31. The molecule has 1 N–H and O–H groups in total. The second-order valence-electron chi connectivity index (χ2n) is 3.09. The molecule has 0 aliphatic rings. The lowest BCUT2D eigenvalue weighted by Gasteiger charge is -2.08. The van der Waals surface area contributed by atoms with Gasteiger partial charge < -0.3 is 9.88 Å². The van der Waals surface area contributed by atoms with E-state index in [1.165, 1.54) is 0 Å². The average molecular weight is 287 g/mol. The van der Waals surface area contributed by atoms with Crippen LogP contribution in [0.15, 0.2) is 35.1 Å². The monoisotopic (exact) mass is 285 g/mol. The number of nitrogens with one attached hydrogen (secondary N) is 1. The third kappa shape index (κ3) is 2.16. The van der Waals surface area contributed by atoms with Crippen LogP contribution < -0.4 is 5.32 Å². The van der Waals surface area contributed by atoms with Gasteiger partial charge in [-0.2, -0.15) is 0 Å². The maximum absolute atomic E-state index is 5.98. The van der Waals surface area contributed by atoms with Gasteiger partial charge in [0.2, 0.25) is 5.95 Å². The highest BCUT2D eigenvalue weighted by Gasteiger charge is 2.05. The summed E-state index contributed by atoms with van der Waals surface area (Å²) in [6, 6.07) is 5.65. The largest absolute Gasteiger partial charge is 0.325 e. The second kappa shape index (κ2) is 4.24. The number of nitrogens with zero attached hydrogens (tertiary/aromatic N) is 2. The lowest BCUT2D eigenvalue weighted by Crippen LogP contribution is -1.99. The molecule has 3 nitrogen and oxygen atoms in total. The number of hydrogen-bond donors (Lipinski definition) is 1. The Bertz CT molecular complexity index is 481. The quantitative estimate of drug-likeness (QED) is 0.914. The summed E-state index contributed by atoms with van der Waals surface area (Å²) in [5.74, 6) is 0.776. The van der Waals surface area contributed by atoms with Crippen LogP contribution in [0.3, 0.4) is 0 Å². The molecule has 0 fully saturated rings. The van der Waals surface area contributed by atoms with Crippen LogP contribution in [-0.4, -0.2) is 9.55 Å². The Balaban J connectivity index is 2.33. The van der Waals surface area contributed by atoms with Crippen LogP contribution in [0.5, 0.6) is 0 Å². The molecular formula is C10H9BrClN3. The summed E-state index contributed by atoms with van der Waals surface area (Å²) in [6.07, 6.45) is 3.61. The van der Waals surface area contributed by atoms with E-state index in [4.69, 9.17) is 11.6 Å². The Kier molecular flexibility index (Phi) is 2.98. The van der Waals surface area contributed by atoms with Crippen LogP contribution in [0.2, 0.25) is 5.02 Å². The molecule has 0 aliphatic carbocycles. The number of anilines is 2. The predicted molar refractivity (Wildman–Crippen MR) is 65.6 cm³/mol. The first-order valence-electron chi connectivity index (χ1n) is 4.37. The number of imidazole rings is 1. The van der Waals surface area contributed by atoms with Crippen molar-refractivity contribution in [3.63, 3.8) is 0 Å². The minimum Gasteiger partial charge on any atom is -0.325 e. The molecule has 1 heterocycles. The Morgan fingerprint density at radius 1 is 1.47 bits per heavy atom. The number of aromatic nitrogens is 2. The Hall–Kier alpha value is -1.000. The molecule has 2 rings (SSSR count). The van der Waals surface area contributed by atoms with Crippen molar-refractivity contribution in [1.29, 1.82) is 0 Å². The van der Waals surface area contributed by atoms with E-state index in [-0.39, 0.29) is 0 Å². The zero-order chi connectivity index (χ0) is 10.8. The molecule has 15 heavy (non-hydrogen) atoms. The molecule has 1 aromatic heterocycles. The molecule has 0 atom stereocenters. The van der Waals surface area contributed by atoms with Crippen LogP contribution in [-0.2, 0) is 7.05 Å². The molecule has 0 spiro atoms. The first kappa shape index (κ1) is 10.5. The molecule has 0 saturated heterocycles. The van der Waals surface area contributed by atoms with E-state index in [0.29, 0.717) is 5.02 Å². The summed E-state index contributed by atoms with van der Waals surface area (Å²) in [5.41, 5.74) is 0.900. The number of rotatable bonds is 2.